The molecule has 0 atom stereocenters. The molecule has 1 aliphatic rings. The van der Waals surface area contributed by atoms with Crippen molar-refractivity contribution in [3.63, 3.8) is 0 Å². The van der Waals surface area contributed by atoms with Crippen LogP contribution in [0.3, 0.4) is 0 Å². The fourth-order valence-electron chi connectivity index (χ4n) is 2.14. The number of nitrogens with zero attached hydrogens (tertiary/aromatic N) is 1. The minimum Gasteiger partial charge on any atom is -0.360 e. The lowest BCUT2D eigenvalue weighted by atomic mass is 10.2. The van der Waals surface area contributed by atoms with E-state index in [9.17, 15) is 0 Å². The molecule has 0 amide bonds. The highest BCUT2D eigenvalue weighted by molar-refractivity contribution is 7.80. The van der Waals surface area contributed by atoms with E-state index in [1.165, 1.54) is 25.7 Å². The molecule has 5 heteroatoms. The molecular formula is C11H18N4S. The lowest BCUT2D eigenvalue weighted by Crippen LogP contribution is -2.36. The predicted octanol–water partition coefficient (Wildman–Crippen LogP) is 2.26. The van der Waals surface area contributed by atoms with E-state index in [2.05, 4.69) is 20.8 Å². The van der Waals surface area contributed by atoms with Crippen molar-refractivity contribution < 1.29 is 0 Å². The van der Waals surface area contributed by atoms with Crippen molar-refractivity contribution in [3.05, 3.63) is 11.4 Å². The van der Waals surface area contributed by atoms with Gasteiger partial charge in [0.25, 0.3) is 0 Å². The van der Waals surface area contributed by atoms with Crippen LogP contribution in [0.5, 0.6) is 0 Å². The number of hydrogen-bond donors (Lipinski definition) is 3. The zero-order valence-corrected chi connectivity index (χ0v) is 10.6. The maximum atomic E-state index is 5.29. The van der Waals surface area contributed by atoms with Gasteiger partial charge in [0.1, 0.15) is 0 Å². The Balaban J connectivity index is 1.91. The molecule has 2 rings (SSSR count). The number of hydrogen-bond acceptors (Lipinski definition) is 2. The summed E-state index contributed by atoms with van der Waals surface area (Å²) < 4.78 is 0. The molecule has 88 valence electrons. The largest absolute Gasteiger partial charge is 0.360 e. The maximum absolute atomic E-state index is 5.29. The van der Waals surface area contributed by atoms with E-state index < -0.39 is 0 Å². The van der Waals surface area contributed by atoms with Gasteiger partial charge in [0.05, 0.1) is 17.1 Å². The second-order valence-corrected chi connectivity index (χ2v) is 4.80. The second-order valence-electron chi connectivity index (χ2n) is 4.39. The van der Waals surface area contributed by atoms with E-state index in [0.717, 1.165) is 17.1 Å². The summed E-state index contributed by atoms with van der Waals surface area (Å²) in [6, 6.07) is 0.549. The van der Waals surface area contributed by atoms with Crippen LogP contribution in [0.2, 0.25) is 0 Å². The van der Waals surface area contributed by atoms with Gasteiger partial charge in [-0.3, -0.25) is 5.10 Å². The molecule has 1 saturated carbocycles. The van der Waals surface area contributed by atoms with Gasteiger partial charge >= 0.3 is 0 Å². The number of aryl methyl sites for hydroxylation is 2. The number of nitrogens with one attached hydrogen (secondary N) is 3. The number of aromatic amines is 1. The third-order valence-electron chi connectivity index (χ3n) is 3.06. The summed E-state index contributed by atoms with van der Waals surface area (Å²) in [5.41, 5.74) is 2.97. The van der Waals surface area contributed by atoms with Crippen LogP contribution < -0.4 is 10.6 Å². The van der Waals surface area contributed by atoms with E-state index in [1.54, 1.807) is 0 Å². The van der Waals surface area contributed by atoms with Crippen LogP contribution in [-0.2, 0) is 0 Å². The average molecular weight is 238 g/mol. The molecule has 1 aliphatic carbocycles. The van der Waals surface area contributed by atoms with E-state index in [1.807, 2.05) is 13.8 Å². The van der Waals surface area contributed by atoms with Crippen LogP contribution >= 0.6 is 12.2 Å². The van der Waals surface area contributed by atoms with Gasteiger partial charge in [-0.25, -0.2) is 0 Å². The topological polar surface area (TPSA) is 52.7 Å². The van der Waals surface area contributed by atoms with Crippen LogP contribution in [0, 0.1) is 13.8 Å². The predicted molar refractivity (Wildman–Crippen MR) is 69.7 cm³/mol. The zero-order valence-electron chi connectivity index (χ0n) is 9.76. The van der Waals surface area contributed by atoms with Crippen molar-refractivity contribution >= 4 is 23.0 Å². The zero-order chi connectivity index (χ0) is 11.5. The summed E-state index contributed by atoms with van der Waals surface area (Å²) in [6.45, 7) is 3.95. The number of H-pyrrole nitrogens is 1. The number of rotatable bonds is 2. The van der Waals surface area contributed by atoms with Gasteiger partial charge in [-0.1, -0.05) is 12.8 Å². The molecular weight excluding hydrogens is 220 g/mol. The third kappa shape index (κ3) is 2.52. The molecule has 16 heavy (non-hydrogen) atoms. The SMILES string of the molecule is Cc1n[nH]c(C)c1NC(=S)NC1CCCC1. The summed E-state index contributed by atoms with van der Waals surface area (Å²) in [6.07, 6.45) is 5.07. The van der Waals surface area contributed by atoms with Gasteiger partial charge in [0.2, 0.25) is 0 Å². The highest BCUT2D eigenvalue weighted by Gasteiger charge is 2.16. The molecule has 0 aromatic carbocycles. The highest BCUT2D eigenvalue weighted by Crippen LogP contribution is 2.19. The summed E-state index contributed by atoms with van der Waals surface area (Å²) in [5, 5.41) is 14.3. The lowest BCUT2D eigenvalue weighted by Gasteiger charge is -2.15. The second kappa shape index (κ2) is 4.82. The summed E-state index contributed by atoms with van der Waals surface area (Å²) in [4.78, 5) is 0. The van der Waals surface area contributed by atoms with Gasteiger partial charge in [-0.2, -0.15) is 5.10 Å². The Bertz CT molecular complexity index is 360. The number of aromatic nitrogens is 2. The molecule has 4 nitrogen and oxygen atoms in total. The van der Waals surface area contributed by atoms with Gasteiger partial charge < -0.3 is 10.6 Å². The van der Waals surface area contributed by atoms with E-state index in [4.69, 9.17) is 12.2 Å². The minimum absolute atomic E-state index is 0.549. The summed E-state index contributed by atoms with van der Waals surface area (Å²) >= 11 is 5.29. The van der Waals surface area contributed by atoms with Gasteiger partial charge in [0, 0.05) is 6.04 Å². The molecule has 0 aliphatic heterocycles. The van der Waals surface area contributed by atoms with Crippen molar-refractivity contribution in [1.29, 1.82) is 0 Å². The van der Waals surface area contributed by atoms with Gasteiger partial charge in [0.15, 0.2) is 5.11 Å². The van der Waals surface area contributed by atoms with Crippen molar-refractivity contribution in [2.45, 2.75) is 45.6 Å². The average Bonchev–Trinajstić information content (AvgIpc) is 2.83. The van der Waals surface area contributed by atoms with Gasteiger partial charge in [-0.15, -0.1) is 0 Å². The standard InChI is InChI=1S/C11H18N4S/c1-7-10(8(2)15-14-7)13-11(16)12-9-5-3-4-6-9/h9H,3-6H2,1-2H3,(H,14,15)(H2,12,13,16). The fraction of sp³-hybridized carbons (Fsp3) is 0.636. The van der Waals surface area contributed by atoms with E-state index in [0.29, 0.717) is 11.2 Å². The molecule has 0 unspecified atom stereocenters. The Hall–Kier alpha value is -1.10. The molecule has 0 saturated heterocycles. The Labute approximate surface area is 101 Å². The van der Waals surface area contributed by atoms with Crippen LogP contribution in [0.4, 0.5) is 5.69 Å². The molecule has 3 N–H and O–H groups in total. The normalized spacial score (nSPS) is 16.4. The first-order chi connectivity index (χ1) is 7.66. The smallest absolute Gasteiger partial charge is 0.171 e. The van der Waals surface area contributed by atoms with Crippen molar-refractivity contribution in [2.75, 3.05) is 5.32 Å². The third-order valence-corrected chi connectivity index (χ3v) is 3.28. The molecule has 0 radical (unpaired) electrons. The fourth-order valence-corrected chi connectivity index (χ4v) is 2.41. The number of anilines is 1. The molecule has 1 aromatic heterocycles. The summed E-state index contributed by atoms with van der Waals surface area (Å²) in [5.74, 6) is 0. The quantitative estimate of drug-likeness (QED) is 0.692. The maximum Gasteiger partial charge on any atom is 0.171 e. The van der Waals surface area contributed by atoms with Crippen molar-refractivity contribution in [3.8, 4) is 0 Å². The molecule has 0 bridgehead atoms. The van der Waals surface area contributed by atoms with E-state index >= 15 is 0 Å². The monoisotopic (exact) mass is 238 g/mol. The first kappa shape index (κ1) is 11.4. The Morgan fingerprint density at radius 2 is 2.06 bits per heavy atom. The molecule has 1 aromatic rings. The first-order valence-electron chi connectivity index (χ1n) is 5.76. The number of thiocarbonyl (C=S) groups is 1. The summed E-state index contributed by atoms with van der Waals surface area (Å²) in [7, 11) is 0. The van der Waals surface area contributed by atoms with Gasteiger partial charge in [-0.05, 0) is 38.9 Å². The van der Waals surface area contributed by atoms with Crippen molar-refractivity contribution in [1.82, 2.24) is 15.5 Å². The van der Waals surface area contributed by atoms with E-state index in [-0.39, 0.29) is 0 Å². The molecule has 1 fully saturated rings. The minimum atomic E-state index is 0.549. The van der Waals surface area contributed by atoms with Crippen LogP contribution in [0.1, 0.15) is 37.1 Å². The van der Waals surface area contributed by atoms with Crippen LogP contribution in [0.15, 0.2) is 0 Å². The van der Waals surface area contributed by atoms with Crippen molar-refractivity contribution in [2.24, 2.45) is 0 Å². The van der Waals surface area contributed by atoms with Crippen LogP contribution in [-0.4, -0.2) is 21.4 Å². The molecule has 1 heterocycles. The Morgan fingerprint density at radius 3 is 2.62 bits per heavy atom. The lowest BCUT2D eigenvalue weighted by molar-refractivity contribution is 0.634. The first-order valence-corrected chi connectivity index (χ1v) is 6.16. The van der Waals surface area contributed by atoms with Crippen LogP contribution in [0.25, 0.3) is 0 Å². The Kier molecular flexibility index (Phi) is 3.43. The highest BCUT2D eigenvalue weighted by atomic mass is 32.1. The molecule has 0 spiro atoms. The Morgan fingerprint density at radius 1 is 1.38 bits per heavy atom.